The first-order valence-corrected chi connectivity index (χ1v) is 6.35. The summed E-state index contributed by atoms with van der Waals surface area (Å²) in [6, 6.07) is 5.58. The topological polar surface area (TPSA) is 55.1 Å². The van der Waals surface area contributed by atoms with E-state index >= 15 is 0 Å². The maximum atomic E-state index is 11.7. The number of benzene rings is 1. The molecule has 18 heavy (non-hydrogen) atoms. The van der Waals surface area contributed by atoms with Crippen molar-refractivity contribution >= 4 is 22.7 Å². The molecular weight excluding hydrogens is 228 g/mol. The second-order valence-electron chi connectivity index (χ2n) is 5.15. The maximum Gasteiger partial charge on any atom is 0.227 e. The zero-order valence-electron chi connectivity index (χ0n) is 10.6. The third kappa shape index (κ3) is 2.10. The Balaban J connectivity index is 1.87. The minimum absolute atomic E-state index is 0.113. The summed E-state index contributed by atoms with van der Waals surface area (Å²) in [5.74, 6) is 1.32. The van der Waals surface area contributed by atoms with Crippen molar-refractivity contribution in [3.05, 3.63) is 24.1 Å². The molecule has 0 unspecified atom stereocenters. The third-order valence-corrected chi connectivity index (χ3v) is 3.11. The van der Waals surface area contributed by atoms with E-state index in [1.54, 1.807) is 0 Å². The van der Waals surface area contributed by atoms with Gasteiger partial charge in [-0.25, -0.2) is 4.98 Å². The average molecular weight is 244 g/mol. The summed E-state index contributed by atoms with van der Waals surface area (Å²) < 4.78 is 5.63. The first-order chi connectivity index (χ1) is 8.63. The molecule has 1 aromatic carbocycles. The van der Waals surface area contributed by atoms with Gasteiger partial charge in [0.1, 0.15) is 5.52 Å². The van der Waals surface area contributed by atoms with E-state index in [9.17, 15) is 4.79 Å². The van der Waals surface area contributed by atoms with Gasteiger partial charge in [0.25, 0.3) is 0 Å². The molecule has 1 saturated carbocycles. The first kappa shape index (κ1) is 11.3. The van der Waals surface area contributed by atoms with E-state index in [0.29, 0.717) is 0 Å². The Morgan fingerprint density at radius 3 is 2.89 bits per heavy atom. The van der Waals surface area contributed by atoms with Crippen LogP contribution in [0.25, 0.3) is 11.1 Å². The smallest absolute Gasteiger partial charge is 0.227 e. The number of amides is 1. The van der Waals surface area contributed by atoms with Crippen molar-refractivity contribution in [2.75, 3.05) is 5.32 Å². The van der Waals surface area contributed by atoms with Crippen molar-refractivity contribution in [2.24, 2.45) is 5.92 Å². The minimum atomic E-state index is 0.113. The van der Waals surface area contributed by atoms with Crippen LogP contribution in [0.1, 0.15) is 38.5 Å². The first-order valence-electron chi connectivity index (χ1n) is 6.35. The lowest BCUT2D eigenvalue weighted by Crippen LogP contribution is -2.12. The molecule has 1 N–H and O–H groups in total. The van der Waals surface area contributed by atoms with Crippen LogP contribution in [-0.2, 0) is 4.79 Å². The van der Waals surface area contributed by atoms with Gasteiger partial charge >= 0.3 is 0 Å². The summed E-state index contributed by atoms with van der Waals surface area (Å²) in [6.07, 6.45) is 2.02. The molecule has 1 heterocycles. The Labute approximate surface area is 105 Å². The van der Waals surface area contributed by atoms with Crippen molar-refractivity contribution in [2.45, 2.75) is 32.6 Å². The molecule has 0 bridgehead atoms. The quantitative estimate of drug-likeness (QED) is 0.901. The number of rotatable bonds is 3. The summed E-state index contributed by atoms with van der Waals surface area (Å²) in [4.78, 5) is 16.1. The number of hydrogen-bond donors (Lipinski definition) is 1. The summed E-state index contributed by atoms with van der Waals surface area (Å²) >= 11 is 0. The molecule has 4 heteroatoms. The second kappa shape index (κ2) is 4.12. The van der Waals surface area contributed by atoms with Gasteiger partial charge in [0.05, 0.1) is 0 Å². The highest BCUT2D eigenvalue weighted by atomic mass is 16.3. The molecule has 1 fully saturated rings. The predicted octanol–water partition coefficient (Wildman–Crippen LogP) is 3.30. The van der Waals surface area contributed by atoms with Crippen LogP contribution >= 0.6 is 0 Å². The summed E-state index contributed by atoms with van der Waals surface area (Å²) in [5.41, 5.74) is 2.36. The summed E-state index contributed by atoms with van der Waals surface area (Å²) in [7, 11) is 0. The van der Waals surface area contributed by atoms with Gasteiger partial charge in [-0.2, -0.15) is 0 Å². The summed E-state index contributed by atoms with van der Waals surface area (Å²) in [5, 5.41) is 2.91. The van der Waals surface area contributed by atoms with Gasteiger partial charge in [-0.05, 0) is 31.0 Å². The molecule has 1 aromatic heterocycles. The fourth-order valence-electron chi connectivity index (χ4n) is 1.86. The van der Waals surface area contributed by atoms with Crippen LogP contribution in [-0.4, -0.2) is 10.9 Å². The van der Waals surface area contributed by atoms with E-state index in [1.165, 1.54) is 0 Å². The van der Waals surface area contributed by atoms with Crippen LogP contribution in [0.5, 0.6) is 0 Å². The van der Waals surface area contributed by atoms with Gasteiger partial charge in [-0.15, -0.1) is 0 Å². The van der Waals surface area contributed by atoms with Crippen LogP contribution in [0.3, 0.4) is 0 Å². The Morgan fingerprint density at radius 2 is 2.22 bits per heavy atom. The number of anilines is 1. The normalized spacial score (nSPS) is 15.3. The molecule has 0 radical (unpaired) electrons. The van der Waals surface area contributed by atoms with Crippen molar-refractivity contribution < 1.29 is 9.21 Å². The zero-order valence-corrected chi connectivity index (χ0v) is 10.6. The highest BCUT2D eigenvalue weighted by Gasteiger charge is 2.29. The second-order valence-corrected chi connectivity index (χ2v) is 5.15. The number of nitrogens with zero attached hydrogens (tertiary/aromatic N) is 1. The standard InChI is InChI=1S/C14H16N2O2/c1-8(2)14-16-11-7-10(5-6-12(11)18-14)15-13(17)9-3-4-9/h5-9H,3-4H2,1-2H3,(H,15,17). The van der Waals surface area contributed by atoms with Crippen molar-refractivity contribution in [3.8, 4) is 0 Å². The zero-order chi connectivity index (χ0) is 12.7. The van der Waals surface area contributed by atoms with Crippen molar-refractivity contribution in [3.63, 3.8) is 0 Å². The Morgan fingerprint density at radius 1 is 1.44 bits per heavy atom. The highest BCUT2D eigenvalue weighted by Crippen LogP contribution is 2.31. The molecule has 3 rings (SSSR count). The largest absolute Gasteiger partial charge is 0.440 e. The summed E-state index contributed by atoms with van der Waals surface area (Å²) in [6.45, 7) is 4.08. The van der Waals surface area contributed by atoms with Crippen LogP contribution in [0.4, 0.5) is 5.69 Å². The van der Waals surface area contributed by atoms with Crippen LogP contribution in [0, 0.1) is 5.92 Å². The molecule has 4 nitrogen and oxygen atoms in total. The third-order valence-electron chi connectivity index (χ3n) is 3.11. The van der Waals surface area contributed by atoms with Gasteiger partial charge < -0.3 is 9.73 Å². The molecule has 94 valence electrons. The molecular formula is C14H16N2O2. The number of hydrogen-bond acceptors (Lipinski definition) is 3. The van der Waals surface area contributed by atoms with Crippen molar-refractivity contribution in [1.29, 1.82) is 0 Å². The predicted molar refractivity (Wildman–Crippen MR) is 69.5 cm³/mol. The molecule has 1 amide bonds. The van der Waals surface area contributed by atoms with Gasteiger partial charge in [0.2, 0.25) is 5.91 Å². The number of oxazole rings is 1. The Bertz CT molecular complexity index is 597. The lowest BCUT2D eigenvalue weighted by atomic mass is 10.2. The fraction of sp³-hybridized carbons (Fsp3) is 0.429. The van der Waals surface area contributed by atoms with Crippen molar-refractivity contribution in [1.82, 2.24) is 4.98 Å². The lowest BCUT2D eigenvalue weighted by molar-refractivity contribution is -0.117. The number of carbonyl (C=O) groups is 1. The van der Waals surface area contributed by atoms with Gasteiger partial charge in [0.15, 0.2) is 11.5 Å². The number of carbonyl (C=O) groups excluding carboxylic acids is 1. The van der Waals surface area contributed by atoms with Crippen LogP contribution in [0.15, 0.2) is 22.6 Å². The van der Waals surface area contributed by atoms with E-state index in [4.69, 9.17) is 4.42 Å². The van der Waals surface area contributed by atoms with E-state index < -0.39 is 0 Å². The van der Waals surface area contributed by atoms with Crippen LogP contribution in [0.2, 0.25) is 0 Å². The Kier molecular flexibility index (Phi) is 2.58. The number of fused-ring (bicyclic) bond motifs is 1. The molecule has 2 aromatic rings. The molecule has 1 aliphatic carbocycles. The molecule has 1 aliphatic rings. The van der Waals surface area contributed by atoms with E-state index in [0.717, 1.165) is 35.5 Å². The minimum Gasteiger partial charge on any atom is -0.440 e. The van der Waals surface area contributed by atoms with Gasteiger partial charge in [-0.1, -0.05) is 13.8 Å². The average Bonchev–Trinajstić information content (AvgIpc) is 3.09. The molecule has 0 spiro atoms. The molecule has 0 atom stereocenters. The molecule has 0 aliphatic heterocycles. The molecule has 0 saturated heterocycles. The van der Waals surface area contributed by atoms with E-state index in [2.05, 4.69) is 10.3 Å². The SMILES string of the molecule is CC(C)c1nc2cc(NC(=O)C3CC3)ccc2o1. The fourth-order valence-corrected chi connectivity index (χ4v) is 1.86. The van der Waals surface area contributed by atoms with Gasteiger partial charge in [-0.3, -0.25) is 4.79 Å². The van der Waals surface area contributed by atoms with Crippen LogP contribution < -0.4 is 5.32 Å². The highest BCUT2D eigenvalue weighted by molar-refractivity contribution is 5.95. The van der Waals surface area contributed by atoms with E-state index in [1.807, 2.05) is 32.0 Å². The maximum absolute atomic E-state index is 11.7. The number of aromatic nitrogens is 1. The monoisotopic (exact) mass is 244 g/mol. The van der Waals surface area contributed by atoms with Gasteiger partial charge in [0, 0.05) is 17.5 Å². The lowest BCUT2D eigenvalue weighted by Gasteiger charge is -2.02. The van der Waals surface area contributed by atoms with E-state index in [-0.39, 0.29) is 17.7 Å². The Hall–Kier alpha value is -1.84. The number of nitrogens with one attached hydrogen (secondary N) is 1.